The Bertz CT molecular complexity index is 465. The van der Waals surface area contributed by atoms with E-state index in [1.807, 2.05) is 4.90 Å². The lowest BCUT2D eigenvalue weighted by atomic mass is 10.0. The highest BCUT2D eigenvalue weighted by molar-refractivity contribution is 7.91. The fraction of sp³-hybridized carbons (Fsp3) is 0.929. The molecule has 1 aliphatic carbocycles. The lowest BCUT2D eigenvalue weighted by Gasteiger charge is -2.35. The summed E-state index contributed by atoms with van der Waals surface area (Å²) >= 11 is 0. The number of likely N-dealkylation sites (tertiary alicyclic amines) is 1. The van der Waals surface area contributed by atoms with Gasteiger partial charge < -0.3 is 10.2 Å². The van der Waals surface area contributed by atoms with Crippen molar-refractivity contribution in [2.45, 2.75) is 50.6 Å². The number of sulfone groups is 1. The van der Waals surface area contributed by atoms with Gasteiger partial charge in [-0.15, -0.1) is 0 Å². The third-order valence-electron chi connectivity index (χ3n) is 4.67. The van der Waals surface area contributed by atoms with E-state index in [-0.39, 0.29) is 11.8 Å². The minimum absolute atomic E-state index is 0.115. The first kappa shape index (κ1) is 14.3. The van der Waals surface area contributed by atoms with Crippen molar-refractivity contribution in [3.63, 3.8) is 0 Å². The molecule has 3 aliphatic rings. The molecule has 3 rings (SSSR count). The number of carbonyl (C=O) groups excluding carboxylic acids is 1. The van der Waals surface area contributed by atoms with E-state index in [0.29, 0.717) is 23.6 Å². The van der Waals surface area contributed by atoms with Crippen LogP contribution in [0.4, 0.5) is 0 Å². The third-order valence-corrected chi connectivity index (χ3v) is 6.49. The molecule has 0 radical (unpaired) electrons. The SMILES string of the molecule is O=C(C1CC1)N1CCC(NC2CCCS(=O)(=O)C2)CC1. The van der Waals surface area contributed by atoms with Gasteiger partial charge in [-0.25, -0.2) is 8.42 Å². The predicted octanol–water partition coefficient (Wildman–Crippen LogP) is 0.554. The molecule has 0 bridgehead atoms. The van der Waals surface area contributed by atoms with E-state index in [1.54, 1.807) is 0 Å². The van der Waals surface area contributed by atoms with Gasteiger partial charge >= 0.3 is 0 Å². The molecule has 6 heteroatoms. The Kier molecular flexibility index (Phi) is 4.04. The average molecular weight is 300 g/mol. The monoisotopic (exact) mass is 300 g/mol. The maximum atomic E-state index is 12.0. The second kappa shape index (κ2) is 5.64. The largest absolute Gasteiger partial charge is 0.342 e. The van der Waals surface area contributed by atoms with Gasteiger partial charge in [-0.1, -0.05) is 0 Å². The highest BCUT2D eigenvalue weighted by Gasteiger charge is 2.35. The van der Waals surface area contributed by atoms with Crippen molar-refractivity contribution >= 4 is 15.7 Å². The minimum atomic E-state index is -2.84. The van der Waals surface area contributed by atoms with Gasteiger partial charge in [0.15, 0.2) is 9.84 Å². The third kappa shape index (κ3) is 3.52. The van der Waals surface area contributed by atoms with Crippen LogP contribution in [0.3, 0.4) is 0 Å². The smallest absolute Gasteiger partial charge is 0.225 e. The van der Waals surface area contributed by atoms with Crippen LogP contribution in [-0.2, 0) is 14.6 Å². The molecule has 3 fully saturated rings. The standard InChI is InChI=1S/C14H24N2O3S/c17-14(11-3-4-11)16-7-5-12(6-8-16)15-13-2-1-9-20(18,19)10-13/h11-13,15H,1-10H2. The second-order valence-electron chi connectivity index (χ2n) is 6.49. The average Bonchev–Trinajstić information content (AvgIpc) is 3.22. The zero-order chi connectivity index (χ0) is 14.2. The number of hydrogen-bond donors (Lipinski definition) is 1. The van der Waals surface area contributed by atoms with Crippen LogP contribution in [0.2, 0.25) is 0 Å². The molecular weight excluding hydrogens is 276 g/mol. The highest BCUT2D eigenvalue weighted by Crippen LogP contribution is 2.32. The molecule has 1 atom stereocenters. The quantitative estimate of drug-likeness (QED) is 0.827. The van der Waals surface area contributed by atoms with Crippen molar-refractivity contribution in [1.29, 1.82) is 0 Å². The fourth-order valence-corrected chi connectivity index (χ4v) is 4.99. The molecule has 0 aromatic rings. The van der Waals surface area contributed by atoms with Crippen molar-refractivity contribution in [3.8, 4) is 0 Å². The summed E-state index contributed by atoms with van der Waals surface area (Å²) in [6.45, 7) is 1.65. The molecule has 1 amide bonds. The van der Waals surface area contributed by atoms with E-state index in [0.717, 1.165) is 51.6 Å². The summed E-state index contributed by atoms with van der Waals surface area (Å²) in [5.41, 5.74) is 0. The lowest BCUT2D eigenvalue weighted by Crippen LogP contribution is -2.50. The molecule has 2 aliphatic heterocycles. The Hall–Kier alpha value is -0.620. The Labute approximate surface area is 121 Å². The Balaban J connectivity index is 1.45. The van der Waals surface area contributed by atoms with Gasteiger partial charge in [-0.3, -0.25) is 4.79 Å². The van der Waals surface area contributed by atoms with E-state index in [4.69, 9.17) is 0 Å². The van der Waals surface area contributed by atoms with Crippen molar-refractivity contribution in [1.82, 2.24) is 10.2 Å². The molecule has 1 unspecified atom stereocenters. The van der Waals surface area contributed by atoms with E-state index in [2.05, 4.69) is 5.32 Å². The summed E-state index contributed by atoms with van der Waals surface area (Å²) in [4.78, 5) is 14.0. The summed E-state index contributed by atoms with van der Waals surface area (Å²) in [5, 5.41) is 3.50. The maximum Gasteiger partial charge on any atom is 0.225 e. The van der Waals surface area contributed by atoms with Crippen LogP contribution in [0.5, 0.6) is 0 Å². The summed E-state index contributed by atoms with van der Waals surface area (Å²) in [5.74, 6) is 1.28. The van der Waals surface area contributed by atoms with E-state index >= 15 is 0 Å². The van der Waals surface area contributed by atoms with Gasteiger partial charge in [0.2, 0.25) is 5.91 Å². The molecule has 0 aromatic heterocycles. The highest BCUT2D eigenvalue weighted by atomic mass is 32.2. The Morgan fingerprint density at radius 2 is 1.70 bits per heavy atom. The van der Waals surface area contributed by atoms with Crippen LogP contribution in [0.15, 0.2) is 0 Å². The normalized spacial score (nSPS) is 31.2. The second-order valence-corrected chi connectivity index (χ2v) is 8.72. The van der Waals surface area contributed by atoms with E-state index in [9.17, 15) is 13.2 Å². The number of carbonyl (C=O) groups is 1. The predicted molar refractivity (Wildman–Crippen MR) is 77.1 cm³/mol. The van der Waals surface area contributed by atoms with Gasteiger partial charge in [-0.2, -0.15) is 0 Å². The number of nitrogens with one attached hydrogen (secondary N) is 1. The molecule has 1 saturated carbocycles. The zero-order valence-electron chi connectivity index (χ0n) is 11.9. The first-order valence-corrected chi connectivity index (χ1v) is 9.61. The van der Waals surface area contributed by atoms with Gasteiger partial charge in [0.1, 0.15) is 0 Å². The number of nitrogens with zero attached hydrogens (tertiary/aromatic N) is 1. The van der Waals surface area contributed by atoms with Crippen molar-refractivity contribution in [3.05, 3.63) is 0 Å². The summed E-state index contributed by atoms with van der Waals surface area (Å²) in [7, 11) is -2.84. The van der Waals surface area contributed by atoms with E-state index < -0.39 is 9.84 Å². The topological polar surface area (TPSA) is 66.5 Å². The molecule has 20 heavy (non-hydrogen) atoms. The van der Waals surface area contributed by atoms with Crippen LogP contribution in [0.25, 0.3) is 0 Å². The lowest BCUT2D eigenvalue weighted by molar-refractivity contribution is -0.133. The van der Waals surface area contributed by atoms with Crippen LogP contribution in [-0.4, -0.2) is 55.9 Å². The van der Waals surface area contributed by atoms with Gasteiger partial charge in [-0.05, 0) is 38.5 Å². The zero-order valence-corrected chi connectivity index (χ0v) is 12.7. The maximum absolute atomic E-state index is 12.0. The Morgan fingerprint density at radius 3 is 2.30 bits per heavy atom. The molecule has 1 N–H and O–H groups in total. The minimum Gasteiger partial charge on any atom is -0.342 e. The molecule has 114 valence electrons. The van der Waals surface area contributed by atoms with Crippen LogP contribution in [0.1, 0.15) is 38.5 Å². The summed E-state index contributed by atoms with van der Waals surface area (Å²) in [6.07, 6.45) is 5.78. The molecule has 2 saturated heterocycles. The van der Waals surface area contributed by atoms with Crippen LogP contribution >= 0.6 is 0 Å². The van der Waals surface area contributed by atoms with Crippen molar-refractivity contribution in [2.24, 2.45) is 5.92 Å². The number of piperidine rings is 1. The molecule has 5 nitrogen and oxygen atoms in total. The van der Waals surface area contributed by atoms with Gasteiger partial charge in [0.05, 0.1) is 11.5 Å². The fourth-order valence-electron chi connectivity index (χ4n) is 3.34. The first-order valence-electron chi connectivity index (χ1n) is 7.79. The first-order chi connectivity index (χ1) is 9.53. The molecular formula is C14H24N2O3S. The molecule has 0 aromatic carbocycles. The number of hydrogen-bond acceptors (Lipinski definition) is 4. The number of rotatable bonds is 3. The summed E-state index contributed by atoms with van der Waals surface area (Å²) < 4.78 is 23.3. The molecule has 2 heterocycles. The van der Waals surface area contributed by atoms with Gasteiger partial charge in [0, 0.05) is 31.1 Å². The van der Waals surface area contributed by atoms with Crippen molar-refractivity contribution in [2.75, 3.05) is 24.6 Å². The van der Waals surface area contributed by atoms with Gasteiger partial charge in [0.25, 0.3) is 0 Å². The number of amides is 1. The summed E-state index contributed by atoms with van der Waals surface area (Å²) in [6, 6.07) is 0.487. The molecule has 0 spiro atoms. The van der Waals surface area contributed by atoms with E-state index in [1.165, 1.54) is 0 Å². The van der Waals surface area contributed by atoms with Crippen LogP contribution < -0.4 is 5.32 Å². The Morgan fingerprint density at radius 1 is 1.00 bits per heavy atom. The van der Waals surface area contributed by atoms with Crippen LogP contribution in [0, 0.1) is 5.92 Å². The van der Waals surface area contributed by atoms with Crippen molar-refractivity contribution < 1.29 is 13.2 Å².